The second-order valence-corrected chi connectivity index (χ2v) is 6.13. The zero-order valence-corrected chi connectivity index (χ0v) is 14.7. The first-order valence-electron chi connectivity index (χ1n) is 8.60. The fraction of sp³-hybridized carbons (Fsp3) is 0.0833. The number of carbonyl (C=O) groups is 2. The van der Waals surface area contributed by atoms with Crippen LogP contribution in [0.4, 0.5) is 0 Å². The van der Waals surface area contributed by atoms with E-state index in [2.05, 4.69) is 0 Å². The third-order valence-corrected chi connectivity index (χ3v) is 4.38. The molecule has 0 bridgehead atoms. The van der Waals surface area contributed by atoms with Crippen LogP contribution in [0.5, 0.6) is 0 Å². The lowest BCUT2D eigenvalue weighted by atomic mass is 9.90. The summed E-state index contributed by atoms with van der Waals surface area (Å²) in [5.74, 6) is -0.0463. The number of ketones is 2. The second kappa shape index (κ2) is 8.21. The van der Waals surface area contributed by atoms with E-state index in [-0.39, 0.29) is 18.0 Å². The van der Waals surface area contributed by atoms with E-state index in [9.17, 15) is 9.59 Å². The molecule has 128 valence electrons. The smallest absolute Gasteiger partial charge is 0.189 e. The van der Waals surface area contributed by atoms with Gasteiger partial charge in [-0.05, 0) is 18.1 Å². The van der Waals surface area contributed by atoms with Gasteiger partial charge in [-0.1, -0.05) is 91.0 Å². The van der Waals surface area contributed by atoms with Gasteiger partial charge >= 0.3 is 0 Å². The average molecular weight is 340 g/mol. The van der Waals surface area contributed by atoms with E-state index in [0.29, 0.717) is 16.7 Å². The van der Waals surface area contributed by atoms with Gasteiger partial charge in [-0.15, -0.1) is 0 Å². The predicted molar refractivity (Wildman–Crippen MR) is 105 cm³/mol. The lowest BCUT2D eigenvalue weighted by Gasteiger charge is -2.12. The number of benzene rings is 3. The topological polar surface area (TPSA) is 34.1 Å². The molecule has 3 aromatic carbocycles. The Labute approximate surface area is 153 Å². The molecule has 0 N–H and O–H groups in total. The normalized spacial score (nSPS) is 11.6. The molecule has 2 heteroatoms. The summed E-state index contributed by atoms with van der Waals surface area (Å²) in [6.07, 6.45) is 0.193. The molecule has 0 amide bonds. The van der Waals surface area contributed by atoms with Gasteiger partial charge in [0.2, 0.25) is 0 Å². The number of hydrogen-bond donors (Lipinski definition) is 0. The third-order valence-electron chi connectivity index (χ3n) is 4.38. The van der Waals surface area contributed by atoms with Crippen LogP contribution in [-0.4, -0.2) is 11.6 Å². The summed E-state index contributed by atoms with van der Waals surface area (Å²) in [4.78, 5) is 25.7. The van der Waals surface area contributed by atoms with E-state index < -0.39 is 0 Å². The van der Waals surface area contributed by atoms with Crippen molar-refractivity contribution in [1.29, 1.82) is 0 Å². The van der Waals surface area contributed by atoms with Crippen LogP contribution in [0, 0.1) is 0 Å². The molecule has 0 aliphatic rings. The Morgan fingerprint density at radius 1 is 0.615 bits per heavy atom. The minimum absolute atomic E-state index is 0.00432. The standard InChI is InChI=1S/C24H20O2/c1-18(24(26)21-15-9-4-10-16-21)22(19-11-5-2-6-12-19)17-23(25)20-13-7-3-8-14-20/h2-16H,17H2,1H3/b22-18-. The van der Waals surface area contributed by atoms with Crippen molar-refractivity contribution in [3.63, 3.8) is 0 Å². The van der Waals surface area contributed by atoms with Crippen LogP contribution in [-0.2, 0) is 0 Å². The molecule has 0 heterocycles. The van der Waals surface area contributed by atoms with Crippen molar-refractivity contribution in [1.82, 2.24) is 0 Å². The Morgan fingerprint density at radius 2 is 1.04 bits per heavy atom. The molecule has 26 heavy (non-hydrogen) atoms. The summed E-state index contributed by atoms with van der Waals surface area (Å²) in [6.45, 7) is 1.80. The Hall–Kier alpha value is -3.26. The lowest BCUT2D eigenvalue weighted by molar-refractivity contribution is 0.0998. The quantitative estimate of drug-likeness (QED) is 0.431. The Kier molecular flexibility index (Phi) is 5.55. The molecule has 0 aliphatic heterocycles. The maximum absolute atomic E-state index is 12.9. The molecule has 0 unspecified atom stereocenters. The van der Waals surface area contributed by atoms with E-state index in [1.807, 2.05) is 66.7 Å². The number of Topliss-reactive ketones (excluding diaryl/α,β-unsaturated/α-hetero) is 2. The van der Waals surface area contributed by atoms with E-state index in [1.165, 1.54) is 0 Å². The second-order valence-electron chi connectivity index (χ2n) is 6.13. The van der Waals surface area contributed by atoms with E-state index in [1.54, 1.807) is 31.2 Å². The zero-order chi connectivity index (χ0) is 18.4. The maximum Gasteiger partial charge on any atom is 0.189 e. The fourth-order valence-corrected chi connectivity index (χ4v) is 2.92. The van der Waals surface area contributed by atoms with Crippen LogP contribution in [0.2, 0.25) is 0 Å². The molecule has 0 radical (unpaired) electrons. The Balaban J connectivity index is 2.01. The molecular formula is C24H20O2. The monoisotopic (exact) mass is 340 g/mol. The molecule has 0 atom stereocenters. The summed E-state index contributed by atoms with van der Waals surface area (Å²) in [5, 5.41) is 0. The molecule has 0 aliphatic carbocycles. The first-order valence-corrected chi connectivity index (χ1v) is 8.60. The number of hydrogen-bond acceptors (Lipinski definition) is 2. The SMILES string of the molecule is C/C(C(=O)c1ccccc1)=C(\CC(=O)c1ccccc1)c1ccccc1. The van der Waals surface area contributed by atoms with Crippen molar-refractivity contribution < 1.29 is 9.59 Å². The summed E-state index contributed by atoms with van der Waals surface area (Å²) in [7, 11) is 0. The molecule has 0 saturated carbocycles. The van der Waals surface area contributed by atoms with Gasteiger partial charge in [0, 0.05) is 23.1 Å². The van der Waals surface area contributed by atoms with Crippen LogP contribution in [0.1, 0.15) is 39.6 Å². The number of allylic oxidation sites excluding steroid dienone is 2. The molecule has 0 spiro atoms. The van der Waals surface area contributed by atoms with Gasteiger partial charge < -0.3 is 0 Å². The summed E-state index contributed by atoms with van der Waals surface area (Å²) in [5.41, 5.74) is 3.56. The van der Waals surface area contributed by atoms with Crippen LogP contribution in [0.3, 0.4) is 0 Å². The molecule has 3 aromatic rings. The number of rotatable bonds is 6. The van der Waals surface area contributed by atoms with E-state index in [4.69, 9.17) is 0 Å². The summed E-state index contributed by atoms with van der Waals surface area (Å²) in [6, 6.07) is 28.0. The Morgan fingerprint density at radius 3 is 1.54 bits per heavy atom. The van der Waals surface area contributed by atoms with Crippen LogP contribution in [0.25, 0.3) is 5.57 Å². The average Bonchev–Trinajstić information content (AvgIpc) is 2.72. The van der Waals surface area contributed by atoms with Crippen LogP contribution in [0.15, 0.2) is 96.6 Å². The molecular weight excluding hydrogens is 320 g/mol. The Bertz CT molecular complexity index is 924. The zero-order valence-electron chi connectivity index (χ0n) is 14.7. The maximum atomic E-state index is 12.9. The minimum atomic E-state index is -0.0506. The highest BCUT2D eigenvalue weighted by Gasteiger charge is 2.18. The van der Waals surface area contributed by atoms with Gasteiger partial charge in [-0.2, -0.15) is 0 Å². The van der Waals surface area contributed by atoms with Crippen LogP contribution < -0.4 is 0 Å². The first kappa shape index (κ1) is 17.6. The lowest BCUT2D eigenvalue weighted by Crippen LogP contribution is -2.07. The molecule has 0 aromatic heterocycles. The van der Waals surface area contributed by atoms with Crippen molar-refractivity contribution in [3.8, 4) is 0 Å². The fourth-order valence-electron chi connectivity index (χ4n) is 2.92. The molecule has 2 nitrogen and oxygen atoms in total. The van der Waals surface area contributed by atoms with E-state index in [0.717, 1.165) is 11.1 Å². The molecule has 3 rings (SSSR count). The summed E-state index contributed by atoms with van der Waals surface area (Å²) < 4.78 is 0. The third kappa shape index (κ3) is 4.04. The minimum Gasteiger partial charge on any atom is -0.294 e. The largest absolute Gasteiger partial charge is 0.294 e. The van der Waals surface area contributed by atoms with Crippen LogP contribution >= 0.6 is 0 Å². The summed E-state index contributed by atoms with van der Waals surface area (Å²) >= 11 is 0. The van der Waals surface area contributed by atoms with Crippen molar-refractivity contribution >= 4 is 17.1 Å². The highest BCUT2D eigenvalue weighted by Crippen LogP contribution is 2.26. The van der Waals surface area contributed by atoms with Gasteiger partial charge in [-0.25, -0.2) is 0 Å². The van der Waals surface area contributed by atoms with Gasteiger partial charge in [-0.3, -0.25) is 9.59 Å². The highest BCUT2D eigenvalue weighted by atomic mass is 16.1. The highest BCUT2D eigenvalue weighted by molar-refractivity contribution is 6.15. The molecule has 0 saturated heterocycles. The molecule has 0 fully saturated rings. The van der Waals surface area contributed by atoms with Gasteiger partial charge in [0.15, 0.2) is 11.6 Å². The van der Waals surface area contributed by atoms with Gasteiger partial charge in [0.25, 0.3) is 0 Å². The van der Waals surface area contributed by atoms with Crippen molar-refractivity contribution in [2.45, 2.75) is 13.3 Å². The van der Waals surface area contributed by atoms with Gasteiger partial charge in [0.05, 0.1) is 0 Å². The van der Waals surface area contributed by atoms with Crippen molar-refractivity contribution in [3.05, 3.63) is 113 Å². The van der Waals surface area contributed by atoms with E-state index >= 15 is 0 Å². The predicted octanol–water partition coefficient (Wildman–Crippen LogP) is 5.62. The van der Waals surface area contributed by atoms with Crippen molar-refractivity contribution in [2.75, 3.05) is 0 Å². The van der Waals surface area contributed by atoms with Gasteiger partial charge in [0.1, 0.15) is 0 Å². The number of carbonyl (C=O) groups excluding carboxylic acids is 2. The first-order chi connectivity index (χ1) is 12.7. The van der Waals surface area contributed by atoms with Crippen molar-refractivity contribution in [2.24, 2.45) is 0 Å².